The standard InChI is InChI=1S/C32H36N4O7/c1-21-4-8-23(9-5-21)26(20-30(38)39)34-31(40)24-10-13-28(35-14-16-36(17-15-35)32(41)43-3)27(19-24)33-29(37)18-22-6-11-25(42-2)12-7-22/h4-13,19,26H,14-18,20H2,1-3H3,(H,33,37)(H,34,40)(H,38,39). The molecule has 3 N–H and O–H groups in total. The van der Waals surface area contributed by atoms with Crippen molar-refractivity contribution in [2.24, 2.45) is 0 Å². The SMILES string of the molecule is COC(=O)N1CCN(c2ccc(C(=O)NC(CC(=O)O)c3ccc(C)cc3)cc2NC(=O)Cc2ccc(OC)cc2)CC1. The van der Waals surface area contributed by atoms with E-state index in [0.29, 0.717) is 48.9 Å². The number of aliphatic carboxylic acids is 1. The number of rotatable bonds is 10. The second-order valence-corrected chi connectivity index (χ2v) is 10.3. The van der Waals surface area contributed by atoms with Gasteiger partial charge in [-0.2, -0.15) is 0 Å². The molecule has 1 aliphatic heterocycles. The Morgan fingerprint density at radius 3 is 2.19 bits per heavy atom. The summed E-state index contributed by atoms with van der Waals surface area (Å²) in [6, 6.07) is 18.7. The van der Waals surface area contributed by atoms with Crippen LogP contribution in [0.15, 0.2) is 66.7 Å². The van der Waals surface area contributed by atoms with Crippen molar-refractivity contribution in [2.45, 2.75) is 25.8 Å². The van der Waals surface area contributed by atoms with E-state index in [4.69, 9.17) is 9.47 Å². The summed E-state index contributed by atoms with van der Waals surface area (Å²) in [5, 5.41) is 15.3. The summed E-state index contributed by atoms with van der Waals surface area (Å²) in [6.45, 7) is 3.78. The number of hydrogen-bond donors (Lipinski definition) is 3. The van der Waals surface area contributed by atoms with Gasteiger partial charge in [-0.1, -0.05) is 42.0 Å². The minimum absolute atomic E-state index is 0.101. The smallest absolute Gasteiger partial charge is 0.409 e. The number of ether oxygens (including phenoxy) is 2. The maximum absolute atomic E-state index is 13.4. The number of anilines is 2. The molecule has 0 spiro atoms. The number of nitrogens with one attached hydrogen (secondary N) is 2. The zero-order chi connectivity index (χ0) is 30.9. The Labute approximate surface area is 250 Å². The van der Waals surface area contributed by atoms with Gasteiger partial charge >= 0.3 is 12.1 Å². The Bertz CT molecular complexity index is 1450. The largest absolute Gasteiger partial charge is 0.497 e. The van der Waals surface area contributed by atoms with Crippen LogP contribution in [0.4, 0.5) is 16.2 Å². The number of carboxylic acid groups (broad SMARTS) is 1. The van der Waals surface area contributed by atoms with Gasteiger partial charge in [0, 0.05) is 31.7 Å². The molecule has 43 heavy (non-hydrogen) atoms. The molecular formula is C32H36N4O7. The molecule has 0 aliphatic carbocycles. The Morgan fingerprint density at radius 1 is 0.907 bits per heavy atom. The first-order chi connectivity index (χ1) is 20.7. The van der Waals surface area contributed by atoms with E-state index in [9.17, 15) is 24.3 Å². The van der Waals surface area contributed by atoms with Crippen LogP contribution in [0.5, 0.6) is 5.75 Å². The molecule has 4 rings (SSSR count). The van der Waals surface area contributed by atoms with E-state index in [0.717, 1.165) is 11.1 Å². The molecule has 0 bridgehead atoms. The fourth-order valence-corrected chi connectivity index (χ4v) is 4.90. The van der Waals surface area contributed by atoms with Crippen molar-refractivity contribution in [1.82, 2.24) is 10.2 Å². The third kappa shape index (κ3) is 8.25. The number of hydrogen-bond acceptors (Lipinski definition) is 7. The number of benzene rings is 3. The summed E-state index contributed by atoms with van der Waals surface area (Å²) in [6.07, 6.45) is -0.587. The summed E-state index contributed by atoms with van der Waals surface area (Å²) >= 11 is 0. The maximum atomic E-state index is 13.4. The van der Waals surface area contributed by atoms with E-state index < -0.39 is 24.0 Å². The number of nitrogens with zero attached hydrogens (tertiary/aromatic N) is 2. The minimum Gasteiger partial charge on any atom is -0.497 e. The van der Waals surface area contributed by atoms with Gasteiger partial charge in [0.05, 0.1) is 44.5 Å². The third-order valence-electron chi connectivity index (χ3n) is 7.27. The quantitative estimate of drug-likeness (QED) is 0.323. The minimum atomic E-state index is -1.04. The van der Waals surface area contributed by atoms with Gasteiger partial charge in [0.1, 0.15) is 5.75 Å². The maximum Gasteiger partial charge on any atom is 0.409 e. The molecule has 0 aromatic heterocycles. The van der Waals surface area contributed by atoms with Crippen LogP contribution >= 0.6 is 0 Å². The summed E-state index contributed by atoms with van der Waals surface area (Å²) in [7, 11) is 2.91. The van der Waals surface area contributed by atoms with Crippen molar-refractivity contribution in [1.29, 1.82) is 0 Å². The highest BCUT2D eigenvalue weighted by Crippen LogP contribution is 2.29. The molecule has 1 saturated heterocycles. The van der Waals surface area contributed by atoms with E-state index in [1.165, 1.54) is 7.11 Å². The molecule has 1 aliphatic rings. The van der Waals surface area contributed by atoms with Gasteiger partial charge in [0.25, 0.3) is 5.91 Å². The highest BCUT2D eigenvalue weighted by molar-refractivity contribution is 6.00. The van der Waals surface area contributed by atoms with Crippen LogP contribution in [0.25, 0.3) is 0 Å². The van der Waals surface area contributed by atoms with Gasteiger partial charge in [0.15, 0.2) is 0 Å². The van der Waals surface area contributed by atoms with Gasteiger partial charge in [-0.05, 0) is 48.4 Å². The zero-order valence-corrected chi connectivity index (χ0v) is 24.5. The number of carbonyl (C=O) groups excluding carboxylic acids is 3. The number of methoxy groups -OCH3 is 2. The van der Waals surface area contributed by atoms with E-state index in [-0.39, 0.29) is 24.3 Å². The van der Waals surface area contributed by atoms with Crippen LogP contribution in [0.2, 0.25) is 0 Å². The van der Waals surface area contributed by atoms with Crippen molar-refractivity contribution < 1.29 is 33.8 Å². The van der Waals surface area contributed by atoms with Gasteiger partial charge < -0.3 is 35.0 Å². The normalized spacial score (nSPS) is 13.6. The zero-order valence-electron chi connectivity index (χ0n) is 24.5. The van der Waals surface area contributed by atoms with E-state index in [1.807, 2.05) is 36.1 Å². The Kier molecular flexibility index (Phi) is 10.2. The molecule has 1 atom stereocenters. The van der Waals surface area contributed by atoms with Crippen molar-refractivity contribution >= 4 is 35.3 Å². The molecule has 11 nitrogen and oxygen atoms in total. The molecule has 1 heterocycles. The molecule has 226 valence electrons. The molecular weight excluding hydrogens is 552 g/mol. The van der Waals surface area contributed by atoms with E-state index in [1.54, 1.807) is 54.5 Å². The summed E-state index contributed by atoms with van der Waals surface area (Å²) in [5.41, 5.74) is 3.87. The van der Waals surface area contributed by atoms with Crippen LogP contribution in [-0.2, 0) is 20.7 Å². The van der Waals surface area contributed by atoms with Gasteiger partial charge in [-0.25, -0.2) is 4.79 Å². The average molecular weight is 589 g/mol. The molecule has 11 heteroatoms. The lowest BCUT2D eigenvalue weighted by atomic mass is 10.0. The molecule has 0 radical (unpaired) electrons. The van der Waals surface area contributed by atoms with Crippen LogP contribution in [0.1, 0.15) is 39.5 Å². The predicted molar refractivity (Wildman–Crippen MR) is 162 cm³/mol. The van der Waals surface area contributed by atoms with Gasteiger partial charge in [-0.15, -0.1) is 0 Å². The van der Waals surface area contributed by atoms with Gasteiger partial charge in [0.2, 0.25) is 5.91 Å². The third-order valence-corrected chi connectivity index (χ3v) is 7.27. The topological polar surface area (TPSA) is 138 Å². The highest BCUT2D eigenvalue weighted by Gasteiger charge is 2.25. The molecule has 3 aromatic rings. The monoisotopic (exact) mass is 588 g/mol. The van der Waals surface area contributed by atoms with Crippen LogP contribution < -0.4 is 20.3 Å². The number of carboxylic acids is 1. The lowest BCUT2D eigenvalue weighted by Crippen LogP contribution is -2.49. The fraction of sp³-hybridized carbons (Fsp3) is 0.312. The van der Waals surface area contributed by atoms with Gasteiger partial charge in [-0.3, -0.25) is 14.4 Å². The van der Waals surface area contributed by atoms with Crippen LogP contribution in [0.3, 0.4) is 0 Å². The van der Waals surface area contributed by atoms with Crippen molar-refractivity contribution in [3.63, 3.8) is 0 Å². The first-order valence-corrected chi connectivity index (χ1v) is 13.9. The molecule has 1 unspecified atom stereocenters. The molecule has 3 amide bonds. The van der Waals surface area contributed by atoms with E-state index >= 15 is 0 Å². The summed E-state index contributed by atoms with van der Waals surface area (Å²) < 4.78 is 10.0. The van der Waals surface area contributed by atoms with Crippen molar-refractivity contribution in [3.8, 4) is 5.75 Å². The van der Waals surface area contributed by atoms with E-state index in [2.05, 4.69) is 10.6 Å². The first-order valence-electron chi connectivity index (χ1n) is 13.9. The lowest BCUT2D eigenvalue weighted by molar-refractivity contribution is -0.137. The fourth-order valence-electron chi connectivity index (χ4n) is 4.90. The van der Waals surface area contributed by atoms with Crippen molar-refractivity contribution in [3.05, 3.63) is 89.0 Å². The second kappa shape index (κ2) is 14.2. The number of aryl methyl sites for hydroxylation is 1. The first kappa shape index (κ1) is 30.9. The number of piperazine rings is 1. The van der Waals surface area contributed by atoms with Crippen LogP contribution in [0, 0.1) is 6.92 Å². The second-order valence-electron chi connectivity index (χ2n) is 10.3. The molecule has 0 saturated carbocycles. The number of amides is 3. The molecule has 1 fully saturated rings. The van der Waals surface area contributed by atoms with Crippen molar-refractivity contribution in [2.75, 3.05) is 50.6 Å². The number of carbonyl (C=O) groups is 4. The predicted octanol–water partition coefficient (Wildman–Crippen LogP) is 4.02. The average Bonchev–Trinajstić information content (AvgIpc) is 3.01. The Balaban J connectivity index is 1.58. The highest BCUT2D eigenvalue weighted by atomic mass is 16.5. The Morgan fingerprint density at radius 2 is 1.58 bits per heavy atom. The lowest BCUT2D eigenvalue weighted by Gasteiger charge is -2.36. The van der Waals surface area contributed by atoms with Crippen LogP contribution in [-0.4, -0.2) is 74.3 Å². The molecule has 3 aromatic carbocycles. The Hall–Kier alpha value is -5.06. The summed E-state index contributed by atoms with van der Waals surface area (Å²) in [5.74, 6) is -1.11. The summed E-state index contributed by atoms with van der Waals surface area (Å²) in [4.78, 5) is 53.7.